The Hall–Kier alpha value is -1.28. The summed E-state index contributed by atoms with van der Waals surface area (Å²) in [7, 11) is 3.19. The first-order valence-corrected chi connectivity index (χ1v) is 7.92. The number of carbonyl (C=O) groups excluding carboxylic acids is 1. The van der Waals surface area contributed by atoms with Crippen LogP contribution in [0.2, 0.25) is 0 Å². The molecule has 1 aliphatic rings. The van der Waals surface area contributed by atoms with Crippen LogP contribution in [0.5, 0.6) is 0 Å². The molecule has 0 radical (unpaired) electrons. The maximum atomic E-state index is 12.0. The van der Waals surface area contributed by atoms with Crippen molar-refractivity contribution in [2.24, 2.45) is 0 Å². The molecule has 118 valence electrons. The lowest BCUT2D eigenvalue weighted by molar-refractivity contribution is -0.148. The van der Waals surface area contributed by atoms with Gasteiger partial charge in [-0.05, 0) is 40.2 Å². The lowest BCUT2D eigenvalue weighted by atomic mass is 9.98. The standard InChI is InChI=1S/C13H22N4O3S/c1-8(2)17-11(19)15-16-12(17)21-9-5-6-13(7-9,14-3)10(18)20-4/h8-9,14H,5-7H2,1-4H3,(H,15,19). The summed E-state index contributed by atoms with van der Waals surface area (Å²) in [6, 6.07) is 0.0508. The third-order valence-corrected chi connectivity index (χ3v) is 5.22. The van der Waals surface area contributed by atoms with Gasteiger partial charge in [-0.2, -0.15) is 0 Å². The van der Waals surface area contributed by atoms with Crippen molar-refractivity contribution < 1.29 is 9.53 Å². The highest BCUT2D eigenvalue weighted by Gasteiger charge is 2.45. The van der Waals surface area contributed by atoms with Gasteiger partial charge in [-0.1, -0.05) is 11.8 Å². The molecule has 21 heavy (non-hydrogen) atoms. The third kappa shape index (κ3) is 3.01. The molecule has 2 unspecified atom stereocenters. The van der Waals surface area contributed by atoms with E-state index < -0.39 is 5.54 Å². The molecule has 1 heterocycles. The highest BCUT2D eigenvalue weighted by molar-refractivity contribution is 7.99. The van der Waals surface area contributed by atoms with E-state index in [-0.39, 0.29) is 23.0 Å². The average Bonchev–Trinajstić information content (AvgIpc) is 3.03. The van der Waals surface area contributed by atoms with Gasteiger partial charge in [0.2, 0.25) is 0 Å². The fraction of sp³-hybridized carbons (Fsp3) is 0.769. The fourth-order valence-corrected chi connectivity index (χ4v) is 4.20. The molecule has 0 aliphatic heterocycles. The predicted molar refractivity (Wildman–Crippen MR) is 80.5 cm³/mol. The van der Waals surface area contributed by atoms with E-state index in [0.717, 1.165) is 12.8 Å². The van der Waals surface area contributed by atoms with Gasteiger partial charge in [-0.3, -0.25) is 9.36 Å². The number of hydrogen-bond donors (Lipinski definition) is 2. The van der Waals surface area contributed by atoms with Gasteiger partial charge in [-0.25, -0.2) is 9.89 Å². The van der Waals surface area contributed by atoms with E-state index in [0.29, 0.717) is 11.6 Å². The van der Waals surface area contributed by atoms with E-state index >= 15 is 0 Å². The number of aromatic nitrogens is 3. The molecular formula is C13H22N4O3S. The molecule has 0 aromatic carbocycles. The zero-order valence-electron chi connectivity index (χ0n) is 12.8. The van der Waals surface area contributed by atoms with Gasteiger partial charge in [0.15, 0.2) is 5.16 Å². The van der Waals surface area contributed by atoms with Gasteiger partial charge >= 0.3 is 11.7 Å². The zero-order valence-corrected chi connectivity index (χ0v) is 13.6. The minimum absolute atomic E-state index is 0.0508. The number of methoxy groups -OCH3 is 1. The first kappa shape index (κ1) is 16.1. The van der Waals surface area contributed by atoms with Crippen molar-refractivity contribution in [1.29, 1.82) is 0 Å². The van der Waals surface area contributed by atoms with E-state index in [4.69, 9.17) is 4.74 Å². The molecule has 1 aliphatic carbocycles. The normalized spacial score (nSPS) is 25.5. The van der Waals surface area contributed by atoms with E-state index in [1.807, 2.05) is 13.8 Å². The molecule has 1 saturated carbocycles. The van der Waals surface area contributed by atoms with Gasteiger partial charge in [0.05, 0.1) is 7.11 Å². The van der Waals surface area contributed by atoms with Crippen LogP contribution in [0.1, 0.15) is 39.2 Å². The van der Waals surface area contributed by atoms with Crippen molar-refractivity contribution >= 4 is 17.7 Å². The Morgan fingerprint density at radius 2 is 2.33 bits per heavy atom. The second-order valence-electron chi connectivity index (χ2n) is 5.58. The summed E-state index contributed by atoms with van der Waals surface area (Å²) >= 11 is 1.55. The van der Waals surface area contributed by atoms with Crippen molar-refractivity contribution in [3.8, 4) is 0 Å². The van der Waals surface area contributed by atoms with Crippen LogP contribution in [0, 0.1) is 0 Å². The van der Waals surface area contributed by atoms with Gasteiger partial charge in [0.1, 0.15) is 5.54 Å². The number of H-pyrrole nitrogens is 1. The van der Waals surface area contributed by atoms with Gasteiger partial charge in [0.25, 0.3) is 0 Å². The Balaban J connectivity index is 2.13. The van der Waals surface area contributed by atoms with Crippen LogP contribution in [-0.2, 0) is 9.53 Å². The molecule has 0 saturated heterocycles. The number of rotatable bonds is 5. The van der Waals surface area contributed by atoms with E-state index in [9.17, 15) is 9.59 Å². The van der Waals surface area contributed by atoms with Crippen LogP contribution in [-0.4, -0.2) is 45.7 Å². The van der Waals surface area contributed by atoms with Crippen molar-refractivity contribution in [3.63, 3.8) is 0 Å². The van der Waals surface area contributed by atoms with Gasteiger partial charge < -0.3 is 10.1 Å². The molecule has 0 amide bonds. The topological polar surface area (TPSA) is 89.0 Å². The summed E-state index contributed by atoms with van der Waals surface area (Å²) in [5, 5.41) is 10.6. The number of hydrogen-bond acceptors (Lipinski definition) is 6. The fourth-order valence-electron chi connectivity index (χ4n) is 2.79. The first-order valence-electron chi connectivity index (χ1n) is 7.04. The quantitative estimate of drug-likeness (QED) is 0.786. The smallest absolute Gasteiger partial charge is 0.344 e. The third-order valence-electron chi connectivity index (χ3n) is 3.98. The number of ether oxygens (including phenoxy) is 1. The highest BCUT2D eigenvalue weighted by atomic mass is 32.2. The number of nitrogens with zero attached hydrogens (tertiary/aromatic N) is 2. The zero-order chi connectivity index (χ0) is 15.6. The van der Waals surface area contributed by atoms with E-state index in [1.54, 1.807) is 23.4 Å². The molecule has 2 atom stereocenters. The first-order chi connectivity index (χ1) is 9.93. The SMILES string of the molecule is CNC1(C(=O)OC)CCC(Sc2n[nH]c(=O)n2C(C)C)C1. The Labute approximate surface area is 127 Å². The second-order valence-corrected chi connectivity index (χ2v) is 6.85. The number of nitrogens with one attached hydrogen (secondary N) is 2. The van der Waals surface area contributed by atoms with E-state index in [2.05, 4.69) is 15.5 Å². The lowest BCUT2D eigenvalue weighted by Gasteiger charge is -2.25. The predicted octanol–water partition coefficient (Wildman–Crippen LogP) is 0.928. The molecule has 0 spiro atoms. The van der Waals surface area contributed by atoms with Crippen molar-refractivity contribution in [1.82, 2.24) is 20.1 Å². The van der Waals surface area contributed by atoms with Crippen molar-refractivity contribution in [2.75, 3.05) is 14.2 Å². The molecule has 1 aromatic heterocycles. The summed E-state index contributed by atoms with van der Waals surface area (Å²) in [6.45, 7) is 3.89. The Bertz CT molecular complexity index is 568. The average molecular weight is 314 g/mol. The number of thioether (sulfide) groups is 1. The molecular weight excluding hydrogens is 292 g/mol. The lowest BCUT2D eigenvalue weighted by Crippen LogP contribution is -2.49. The maximum absolute atomic E-state index is 12.0. The second kappa shape index (κ2) is 6.23. The molecule has 2 N–H and O–H groups in total. The Morgan fingerprint density at radius 3 is 2.90 bits per heavy atom. The van der Waals surface area contributed by atoms with E-state index in [1.165, 1.54) is 7.11 Å². The van der Waals surface area contributed by atoms with Crippen molar-refractivity contribution in [2.45, 2.75) is 55.1 Å². The summed E-state index contributed by atoms with van der Waals surface area (Å²) in [4.78, 5) is 23.7. The van der Waals surface area contributed by atoms with Crippen LogP contribution in [0.25, 0.3) is 0 Å². The summed E-state index contributed by atoms with van der Waals surface area (Å²) in [5.41, 5.74) is -0.815. The number of likely N-dealkylation sites (N-methyl/N-ethyl adjacent to an activating group) is 1. The molecule has 8 heteroatoms. The van der Waals surface area contributed by atoms with Crippen molar-refractivity contribution in [3.05, 3.63) is 10.5 Å². The highest BCUT2D eigenvalue weighted by Crippen LogP contribution is 2.40. The van der Waals surface area contributed by atoms with Crippen LogP contribution in [0.3, 0.4) is 0 Å². The number of aromatic amines is 1. The molecule has 2 rings (SSSR count). The van der Waals surface area contributed by atoms with Crippen LogP contribution >= 0.6 is 11.8 Å². The minimum atomic E-state index is -0.619. The maximum Gasteiger partial charge on any atom is 0.344 e. The molecule has 1 aromatic rings. The Kier molecular flexibility index (Phi) is 4.77. The molecule has 0 bridgehead atoms. The van der Waals surface area contributed by atoms with Crippen LogP contribution in [0.4, 0.5) is 0 Å². The monoisotopic (exact) mass is 314 g/mol. The van der Waals surface area contributed by atoms with Gasteiger partial charge in [-0.15, -0.1) is 5.10 Å². The summed E-state index contributed by atoms with van der Waals surface area (Å²) in [5.74, 6) is -0.226. The minimum Gasteiger partial charge on any atom is -0.468 e. The number of esters is 1. The number of carbonyl (C=O) groups is 1. The molecule has 7 nitrogen and oxygen atoms in total. The largest absolute Gasteiger partial charge is 0.468 e. The summed E-state index contributed by atoms with van der Waals surface area (Å²) in [6.07, 6.45) is 2.27. The van der Waals surface area contributed by atoms with Gasteiger partial charge in [0, 0.05) is 11.3 Å². The Morgan fingerprint density at radius 1 is 1.62 bits per heavy atom. The van der Waals surface area contributed by atoms with Crippen LogP contribution < -0.4 is 11.0 Å². The van der Waals surface area contributed by atoms with Crippen LogP contribution in [0.15, 0.2) is 9.95 Å². The summed E-state index contributed by atoms with van der Waals surface area (Å²) < 4.78 is 6.55. The molecule has 1 fully saturated rings.